The standard InChI is InChI=1S/C24H31NO3/c1-14-7-10-24(28)19-12-17-5-6-18(22(25)27)21(26)20(17)23(24,13-14)9-8-16(19)11-15-3-2-4-15/h5-6,15-16,19,26,28H,1-4,7-13H2,(H2,25,27). The Labute approximate surface area is 166 Å². The third kappa shape index (κ3) is 2.30. The van der Waals surface area contributed by atoms with Crippen LogP contribution in [-0.2, 0) is 11.8 Å². The minimum atomic E-state index is -0.832. The monoisotopic (exact) mass is 381 g/mol. The molecule has 5 rings (SSSR count). The van der Waals surface area contributed by atoms with Gasteiger partial charge < -0.3 is 15.9 Å². The molecule has 1 amide bonds. The fraction of sp³-hybridized carbons (Fsp3) is 0.625. The number of amides is 1. The highest BCUT2D eigenvalue weighted by Crippen LogP contribution is 2.65. The Kier molecular flexibility index (Phi) is 3.97. The van der Waals surface area contributed by atoms with Crippen LogP contribution in [-0.4, -0.2) is 21.7 Å². The number of primary amides is 1. The topological polar surface area (TPSA) is 83.5 Å². The zero-order valence-corrected chi connectivity index (χ0v) is 16.5. The second kappa shape index (κ2) is 6.09. The van der Waals surface area contributed by atoms with Crippen molar-refractivity contribution in [2.75, 3.05) is 0 Å². The molecule has 150 valence electrons. The van der Waals surface area contributed by atoms with Gasteiger partial charge in [-0.05, 0) is 74.3 Å². The number of nitrogens with two attached hydrogens (primary N) is 1. The molecule has 1 aromatic rings. The molecule has 1 aromatic carbocycles. The Morgan fingerprint density at radius 2 is 2.04 bits per heavy atom. The molecule has 0 aromatic heterocycles. The number of rotatable bonds is 3. The first kappa shape index (κ1) is 18.2. The van der Waals surface area contributed by atoms with E-state index >= 15 is 0 Å². The lowest BCUT2D eigenvalue weighted by Gasteiger charge is -2.63. The highest BCUT2D eigenvalue weighted by atomic mass is 16.3. The van der Waals surface area contributed by atoms with Crippen LogP contribution in [0.25, 0.3) is 0 Å². The average molecular weight is 382 g/mol. The molecule has 28 heavy (non-hydrogen) atoms. The van der Waals surface area contributed by atoms with Crippen molar-refractivity contribution in [2.45, 2.75) is 75.2 Å². The van der Waals surface area contributed by atoms with E-state index < -0.39 is 16.9 Å². The van der Waals surface area contributed by atoms with Gasteiger partial charge in [0.2, 0.25) is 0 Å². The van der Waals surface area contributed by atoms with Gasteiger partial charge in [0.05, 0.1) is 11.2 Å². The highest BCUT2D eigenvalue weighted by molar-refractivity contribution is 5.96. The van der Waals surface area contributed by atoms with Crippen LogP contribution in [0, 0.1) is 17.8 Å². The summed E-state index contributed by atoms with van der Waals surface area (Å²) in [7, 11) is 0. The van der Waals surface area contributed by atoms with E-state index in [9.17, 15) is 15.0 Å². The van der Waals surface area contributed by atoms with Crippen molar-refractivity contribution in [2.24, 2.45) is 23.5 Å². The van der Waals surface area contributed by atoms with Gasteiger partial charge in [-0.25, -0.2) is 0 Å². The van der Waals surface area contributed by atoms with Gasteiger partial charge in [0, 0.05) is 11.0 Å². The number of carbonyl (C=O) groups excluding carboxylic acids is 1. The molecule has 3 saturated carbocycles. The molecule has 0 aliphatic heterocycles. The van der Waals surface area contributed by atoms with Crippen molar-refractivity contribution in [1.82, 2.24) is 0 Å². The maximum absolute atomic E-state index is 12.2. The molecule has 4 aliphatic carbocycles. The molecular weight excluding hydrogens is 350 g/mol. The number of aliphatic hydroxyl groups is 1. The predicted molar refractivity (Wildman–Crippen MR) is 108 cm³/mol. The second-order valence-electron chi connectivity index (χ2n) is 9.94. The fourth-order valence-electron chi connectivity index (χ4n) is 7.12. The van der Waals surface area contributed by atoms with Gasteiger partial charge in [-0.2, -0.15) is 0 Å². The van der Waals surface area contributed by atoms with Crippen LogP contribution in [0.4, 0.5) is 0 Å². The lowest BCUT2D eigenvalue weighted by molar-refractivity contribution is -0.161. The van der Waals surface area contributed by atoms with Crippen LogP contribution in [0.15, 0.2) is 24.3 Å². The Bertz CT molecular complexity index is 858. The molecule has 3 fully saturated rings. The van der Waals surface area contributed by atoms with Crippen LogP contribution in [0.1, 0.15) is 79.3 Å². The maximum atomic E-state index is 12.2. The molecular formula is C24H31NO3. The van der Waals surface area contributed by atoms with Crippen LogP contribution in [0.2, 0.25) is 0 Å². The number of allylic oxidation sites excluding steroid dienone is 1. The van der Waals surface area contributed by atoms with Crippen molar-refractivity contribution in [3.8, 4) is 5.75 Å². The molecule has 4 N–H and O–H groups in total. The number of fused-ring (bicyclic) bond motifs is 1. The molecule has 0 spiro atoms. The zero-order valence-electron chi connectivity index (χ0n) is 16.5. The summed E-state index contributed by atoms with van der Waals surface area (Å²) in [5.41, 5.74) is 7.33. The van der Waals surface area contributed by atoms with E-state index in [1.807, 2.05) is 6.07 Å². The zero-order chi connectivity index (χ0) is 19.7. The summed E-state index contributed by atoms with van der Waals surface area (Å²) in [6.45, 7) is 4.24. The normalized spacial score (nSPS) is 37.0. The van der Waals surface area contributed by atoms with Gasteiger partial charge in [-0.15, -0.1) is 0 Å². The minimum Gasteiger partial charge on any atom is -0.507 e. The Morgan fingerprint density at radius 3 is 2.71 bits per heavy atom. The molecule has 4 nitrogen and oxygen atoms in total. The smallest absolute Gasteiger partial charge is 0.252 e. The highest BCUT2D eigenvalue weighted by Gasteiger charge is 2.64. The quantitative estimate of drug-likeness (QED) is 0.693. The molecule has 4 atom stereocenters. The van der Waals surface area contributed by atoms with E-state index in [0.717, 1.165) is 48.3 Å². The van der Waals surface area contributed by atoms with Crippen LogP contribution in [0.3, 0.4) is 0 Å². The first-order valence-corrected chi connectivity index (χ1v) is 10.9. The van der Waals surface area contributed by atoms with Gasteiger partial charge in [-0.3, -0.25) is 4.79 Å². The van der Waals surface area contributed by atoms with Crippen LogP contribution in [0.5, 0.6) is 5.75 Å². The van der Waals surface area contributed by atoms with Crippen molar-refractivity contribution >= 4 is 5.91 Å². The van der Waals surface area contributed by atoms with Gasteiger partial charge in [0.25, 0.3) is 5.91 Å². The van der Waals surface area contributed by atoms with E-state index in [4.69, 9.17) is 5.73 Å². The number of aromatic hydroxyl groups is 1. The summed E-state index contributed by atoms with van der Waals surface area (Å²) in [6.07, 6.45) is 10.2. The molecule has 4 aliphatic rings. The predicted octanol–water partition coefficient (Wildman–Crippen LogP) is 3.97. The van der Waals surface area contributed by atoms with Crippen LogP contribution < -0.4 is 5.73 Å². The van der Waals surface area contributed by atoms with Crippen molar-refractivity contribution in [3.63, 3.8) is 0 Å². The molecule has 0 radical (unpaired) electrons. The van der Waals surface area contributed by atoms with Gasteiger partial charge >= 0.3 is 0 Å². The summed E-state index contributed by atoms with van der Waals surface area (Å²) in [4.78, 5) is 11.9. The Hall–Kier alpha value is -1.81. The van der Waals surface area contributed by atoms with Gasteiger partial charge in [0.15, 0.2) is 0 Å². The van der Waals surface area contributed by atoms with Gasteiger partial charge in [0.1, 0.15) is 5.75 Å². The molecule has 4 unspecified atom stereocenters. The summed E-state index contributed by atoms with van der Waals surface area (Å²) in [6, 6.07) is 3.62. The van der Waals surface area contributed by atoms with Crippen LogP contribution >= 0.6 is 0 Å². The summed E-state index contributed by atoms with van der Waals surface area (Å²) < 4.78 is 0. The molecule has 2 bridgehead atoms. The largest absolute Gasteiger partial charge is 0.507 e. The van der Waals surface area contributed by atoms with Gasteiger partial charge in [-0.1, -0.05) is 37.5 Å². The van der Waals surface area contributed by atoms with E-state index in [2.05, 4.69) is 6.58 Å². The van der Waals surface area contributed by atoms with Crippen molar-refractivity contribution in [3.05, 3.63) is 41.0 Å². The summed E-state index contributed by atoms with van der Waals surface area (Å²) >= 11 is 0. The first-order chi connectivity index (χ1) is 13.4. The molecule has 0 heterocycles. The molecule has 0 saturated heterocycles. The number of hydrogen-bond acceptors (Lipinski definition) is 3. The third-order valence-electron chi connectivity index (χ3n) is 8.67. The SMILES string of the molecule is C=C1CCC2(O)C3Cc4ccc(C(N)=O)c(O)c4C2(CCC3CC2CCC2)C1. The summed E-state index contributed by atoms with van der Waals surface area (Å²) in [5.74, 6) is 0.971. The van der Waals surface area contributed by atoms with E-state index in [1.54, 1.807) is 6.07 Å². The summed E-state index contributed by atoms with van der Waals surface area (Å²) in [5, 5.41) is 23.3. The fourth-order valence-corrected chi connectivity index (χ4v) is 7.12. The van der Waals surface area contributed by atoms with E-state index in [-0.39, 0.29) is 17.2 Å². The molecule has 4 heteroatoms. The third-order valence-corrected chi connectivity index (χ3v) is 8.67. The first-order valence-electron chi connectivity index (χ1n) is 10.9. The lowest BCUT2D eigenvalue weighted by atomic mass is 9.43. The number of phenols is 1. The Morgan fingerprint density at radius 1 is 1.25 bits per heavy atom. The second-order valence-corrected chi connectivity index (χ2v) is 9.94. The van der Waals surface area contributed by atoms with Crippen molar-refractivity contribution in [1.29, 1.82) is 0 Å². The Balaban J connectivity index is 1.66. The number of benzene rings is 1. The average Bonchev–Trinajstić information content (AvgIpc) is 2.59. The minimum absolute atomic E-state index is 0.00554. The van der Waals surface area contributed by atoms with E-state index in [1.165, 1.54) is 25.7 Å². The maximum Gasteiger partial charge on any atom is 0.252 e. The van der Waals surface area contributed by atoms with Crippen molar-refractivity contribution < 1.29 is 15.0 Å². The number of hydrogen-bond donors (Lipinski definition) is 3. The lowest BCUT2D eigenvalue weighted by Crippen LogP contribution is -2.66. The number of carbonyl (C=O) groups is 1. The van der Waals surface area contributed by atoms with E-state index in [0.29, 0.717) is 18.8 Å².